The van der Waals surface area contributed by atoms with Crippen LogP contribution in [0.2, 0.25) is 0 Å². The van der Waals surface area contributed by atoms with E-state index in [1.165, 1.54) is 0 Å². The van der Waals surface area contributed by atoms with Crippen LogP contribution in [0.15, 0.2) is 48.5 Å². The third-order valence-electron chi connectivity index (χ3n) is 3.53. The lowest BCUT2D eigenvalue weighted by molar-refractivity contribution is -0.116. The van der Waals surface area contributed by atoms with Crippen molar-refractivity contribution in [1.29, 1.82) is 0 Å². The van der Waals surface area contributed by atoms with Crippen molar-refractivity contribution in [3.63, 3.8) is 0 Å². The van der Waals surface area contributed by atoms with Crippen LogP contribution in [0.25, 0.3) is 0 Å². The zero-order valence-corrected chi connectivity index (χ0v) is 14.9. The first-order valence-corrected chi connectivity index (χ1v) is 8.30. The highest BCUT2D eigenvalue weighted by atomic mass is 16.2. The van der Waals surface area contributed by atoms with Crippen LogP contribution >= 0.6 is 0 Å². The molecule has 0 bridgehead atoms. The normalized spacial score (nSPS) is 11.0. The van der Waals surface area contributed by atoms with Crippen LogP contribution in [-0.2, 0) is 11.2 Å². The molecule has 132 valence electrons. The van der Waals surface area contributed by atoms with Gasteiger partial charge in [0.05, 0.1) is 11.3 Å². The van der Waals surface area contributed by atoms with Crippen LogP contribution in [0, 0.1) is 0 Å². The van der Waals surface area contributed by atoms with E-state index in [2.05, 4.69) is 10.6 Å². The van der Waals surface area contributed by atoms with Gasteiger partial charge in [0.25, 0.3) is 5.91 Å². The van der Waals surface area contributed by atoms with Crippen LogP contribution < -0.4 is 16.4 Å². The fourth-order valence-electron chi connectivity index (χ4n) is 2.42. The number of nitrogen functional groups attached to an aromatic ring is 1. The van der Waals surface area contributed by atoms with Gasteiger partial charge in [0.2, 0.25) is 5.91 Å². The quantitative estimate of drug-likeness (QED) is 0.730. The van der Waals surface area contributed by atoms with E-state index >= 15 is 0 Å². The summed E-state index contributed by atoms with van der Waals surface area (Å²) in [5, 5.41) is 5.74. The molecule has 0 spiro atoms. The topological polar surface area (TPSA) is 84.2 Å². The minimum Gasteiger partial charge on any atom is -0.399 e. The minimum atomic E-state index is -0.346. The Morgan fingerprint density at radius 1 is 1.04 bits per heavy atom. The number of anilines is 2. The molecule has 0 fully saturated rings. The average Bonchev–Trinajstić information content (AvgIpc) is 2.52. The fourth-order valence-corrected chi connectivity index (χ4v) is 2.42. The molecule has 5 heteroatoms. The lowest BCUT2D eigenvalue weighted by Crippen LogP contribution is -2.40. The maximum absolute atomic E-state index is 12.4. The zero-order valence-electron chi connectivity index (χ0n) is 14.9. The summed E-state index contributed by atoms with van der Waals surface area (Å²) in [5.41, 5.74) is 8.06. The smallest absolute Gasteiger partial charge is 0.253 e. The predicted octanol–water partition coefficient (Wildman–Crippen LogP) is 3.37. The van der Waals surface area contributed by atoms with Crippen molar-refractivity contribution in [1.82, 2.24) is 5.32 Å². The number of nitrogens with one attached hydrogen (secondary N) is 2. The summed E-state index contributed by atoms with van der Waals surface area (Å²) in [4.78, 5) is 24.7. The van der Waals surface area contributed by atoms with Gasteiger partial charge in [0.15, 0.2) is 0 Å². The summed E-state index contributed by atoms with van der Waals surface area (Å²) >= 11 is 0. The second-order valence-electron chi connectivity index (χ2n) is 7.04. The summed E-state index contributed by atoms with van der Waals surface area (Å²) in [7, 11) is 0. The molecule has 0 heterocycles. The second-order valence-corrected chi connectivity index (χ2v) is 7.04. The molecule has 0 saturated heterocycles. The van der Waals surface area contributed by atoms with E-state index in [0.717, 1.165) is 5.56 Å². The summed E-state index contributed by atoms with van der Waals surface area (Å²) in [5.74, 6) is -0.349. The highest BCUT2D eigenvalue weighted by Gasteiger charge is 2.18. The minimum absolute atomic E-state index is 0.140. The number of benzene rings is 2. The van der Waals surface area contributed by atoms with Gasteiger partial charge in [-0.25, -0.2) is 0 Å². The van der Waals surface area contributed by atoms with Gasteiger partial charge in [-0.1, -0.05) is 24.3 Å². The third kappa shape index (κ3) is 5.95. The van der Waals surface area contributed by atoms with Gasteiger partial charge in [0, 0.05) is 17.6 Å². The molecule has 5 nitrogen and oxygen atoms in total. The summed E-state index contributed by atoms with van der Waals surface area (Å²) in [6, 6.07) is 14.5. The summed E-state index contributed by atoms with van der Waals surface area (Å²) in [6.45, 7) is 5.74. The van der Waals surface area contributed by atoms with Gasteiger partial charge in [-0.15, -0.1) is 0 Å². The molecule has 0 aromatic heterocycles. The van der Waals surface area contributed by atoms with Gasteiger partial charge in [-0.3, -0.25) is 9.59 Å². The molecule has 0 radical (unpaired) electrons. The standard InChI is InChI=1S/C20H25N3O2/c1-20(2,3)23-19(25)16-9-4-5-10-17(16)22-18(24)12-11-14-7-6-8-15(21)13-14/h4-10,13H,11-12,21H2,1-3H3,(H,22,24)(H,23,25). The van der Waals surface area contributed by atoms with Crippen molar-refractivity contribution in [2.24, 2.45) is 0 Å². The van der Waals surface area contributed by atoms with Crippen molar-refractivity contribution in [3.8, 4) is 0 Å². The molecule has 0 saturated carbocycles. The fraction of sp³-hybridized carbons (Fsp3) is 0.300. The second kappa shape index (κ2) is 7.83. The molecular weight excluding hydrogens is 314 g/mol. The molecular formula is C20H25N3O2. The predicted molar refractivity (Wildman–Crippen MR) is 101 cm³/mol. The molecule has 4 N–H and O–H groups in total. The molecule has 0 aliphatic heterocycles. The highest BCUT2D eigenvalue weighted by molar-refractivity contribution is 6.04. The van der Waals surface area contributed by atoms with Crippen molar-refractivity contribution in [2.75, 3.05) is 11.1 Å². The lowest BCUT2D eigenvalue weighted by Gasteiger charge is -2.21. The Morgan fingerprint density at radius 3 is 2.44 bits per heavy atom. The number of nitrogens with two attached hydrogens (primary N) is 1. The Morgan fingerprint density at radius 2 is 1.76 bits per heavy atom. The van der Waals surface area contributed by atoms with Gasteiger partial charge in [-0.05, 0) is 57.0 Å². The SMILES string of the molecule is CC(C)(C)NC(=O)c1ccccc1NC(=O)CCc1cccc(N)c1. The maximum Gasteiger partial charge on any atom is 0.253 e. The van der Waals surface area contributed by atoms with Crippen molar-refractivity contribution >= 4 is 23.2 Å². The molecule has 2 amide bonds. The molecule has 2 aromatic carbocycles. The van der Waals surface area contributed by atoms with Crippen LogP contribution in [0.1, 0.15) is 43.1 Å². The van der Waals surface area contributed by atoms with Crippen LogP contribution in [-0.4, -0.2) is 17.4 Å². The molecule has 0 aliphatic rings. The van der Waals surface area contributed by atoms with Crippen molar-refractivity contribution < 1.29 is 9.59 Å². The zero-order chi connectivity index (χ0) is 18.4. The number of carbonyl (C=O) groups is 2. The molecule has 0 aliphatic carbocycles. The Labute approximate surface area is 148 Å². The van der Waals surface area contributed by atoms with Crippen molar-refractivity contribution in [2.45, 2.75) is 39.2 Å². The van der Waals surface area contributed by atoms with Crippen LogP contribution in [0.3, 0.4) is 0 Å². The largest absolute Gasteiger partial charge is 0.399 e. The monoisotopic (exact) mass is 339 g/mol. The maximum atomic E-state index is 12.4. The number of amides is 2. The summed E-state index contributed by atoms with van der Waals surface area (Å²) in [6.07, 6.45) is 0.909. The van der Waals surface area contributed by atoms with Gasteiger partial charge >= 0.3 is 0 Å². The number of carbonyl (C=O) groups excluding carboxylic acids is 2. The summed E-state index contributed by atoms with van der Waals surface area (Å²) < 4.78 is 0. The van der Waals surface area contributed by atoms with E-state index in [1.807, 2.05) is 45.0 Å². The molecule has 2 aromatic rings. The van der Waals surface area contributed by atoms with E-state index < -0.39 is 0 Å². The van der Waals surface area contributed by atoms with Crippen LogP contribution in [0.5, 0.6) is 0 Å². The number of hydrogen-bond acceptors (Lipinski definition) is 3. The average molecular weight is 339 g/mol. The molecule has 2 rings (SSSR count). The molecule has 25 heavy (non-hydrogen) atoms. The first-order valence-electron chi connectivity index (χ1n) is 8.30. The molecule has 0 atom stereocenters. The van der Waals surface area contributed by atoms with E-state index in [4.69, 9.17) is 5.73 Å². The van der Waals surface area contributed by atoms with Gasteiger partial charge in [-0.2, -0.15) is 0 Å². The Bertz CT molecular complexity index is 764. The number of aryl methyl sites for hydroxylation is 1. The van der Waals surface area contributed by atoms with E-state index in [0.29, 0.717) is 29.8 Å². The number of rotatable bonds is 5. The Hall–Kier alpha value is -2.82. The number of hydrogen-bond donors (Lipinski definition) is 3. The first kappa shape index (κ1) is 18.5. The van der Waals surface area contributed by atoms with E-state index in [-0.39, 0.29) is 17.4 Å². The lowest BCUT2D eigenvalue weighted by atomic mass is 10.1. The van der Waals surface area contributed by atoms with Gasteiger partial charge < -0.3 is 16.4 Å². The highest BCUT2D eigenvalue weighted by Crippen LogP contribution is 2.17. The van der Waals surface area contributed by atoms with Crippen LogP contribution in [0.4, 0.5) is 11.4 Å². The third-order valence-corrected chi connectivity index (χ3v) is 3.53. The molecule has 0 unspecified atom stereocenters. The Kier molecular flexibility index (Phi) is 5.80. The Balaban J connectivity index is 2.02. The first-order chi connectivity index (χ1) is 11.7. The number of para-hydroxylation sites is 1. The van der Waals surface area contributed by atoms with E-state index in [9.17, 15) is 9.59 Å². The van der Waals surface area contributed by atoms with E-state index in [1.54, 1.807) is 24.3 Å². The van der Waals surface area contributed by atoms with Crippen molar-refractivity contribution in [3.05, 3.63) is 59.7 Å². The van der Waals surface area contributed by atoms with Gasteiger partial charge in [0.1, 0.15) is 0 Å².